The molecule has 1 N–H and O–H groups in total. The summed E-state index contributed by atoms with van der Waals surface area (Å²) in [6.07, 6.45) is 7.23. The lowest BCUT2D eigenvalue weighted by atomic mass is 9.67. The second kappa shape index (κ2) is 4.40. The number of hydrogen-bond donors (Lipinski definition) is 1. The summed E-state index contributed by atoms with van der Waals surface area (Å²) < 4.78 is 5.38. The molecule has 0 bridgehead atoms. The summed E-state index contributed by atoms with van der Waals surface area (Å²) >= 11 is 0. The van der Waals surface area contributed by atoms with Crippen molar-refractivity contribution in [2.75, 3.05) is 6.54 Å². The van der Waals surface area contributed by atoms with E-state index in [0.29, 0.717) is 11.5 Å². The van der Waals surface area contributed by atoms with E-state index >= 15 is 0 Å². The molecular weight excluding hydrogens is 186 g/mol. The molecule has 1 aromatic heterocycles. The summed E-state index contributed by atoms with van der Waals surface area (Å²) in [5.74, 6) is 1.04. The van der Waals surface area contributed by atoms with Crippen LogP contribution in [0.15, 0.2) is 22.8 Å². The highest BCUT2D eigenvalue weighted by Gasteiger charge is 2.34. The molecule has 1 atom stereocenters. The summed E-state index contributed by atoms with van der Waals surface area (Å²) in [5, 5.41) is 3.58. The molecule has 1 aliphatic rings. The molecule has 1 fully saturated rings. The molecule has 0 saturated heterocycles. The van der Waals surface area contributed by atoms with Gasteiger partial charge in [-0.2, -0.15) is 0 Å². The van der Waals surface area contributed by atoms with Gasteiger partial charge in [0.2, 0.25) is 0 Å². The minimum atomic E-state index is 0.337. The van der Waals surface area contributed by atoms with Crippen molar-refractivity contribution in [3.05, 3.63) is 24.2 Å². The molecule has 1 saturated carbocycles. The topological polar surface area (TPSA) is 25.2 Å². The molecule has 1 aromatic rings. The van der Waals surface area contributed by atoms with Gasteiger partial charge in [-0.25, -0.2) is 0 Å². The maximum atomic E-state index is 5.38. The van der Waals surface area contributed by atoms with Gasteiger partial charge in [0, 0.05) is 6.54 Å². The zero-order valence-electron chi connectivity index (χ0n) is 9.75. The molecule has 0 aliphatic heterocycles. The van der Waals surface area contributed by atoms with Gasteiger partial charge in [0.1, 0.15) is 5.76 Å². The molecule has 2 nitrogen and oxygen atoms in total. The Hall–Kier alpha value is -0.760. The molecule has 84 valence electrons. The number of rotatable bonds is 5. The predicted molar refractivity (Wildman–Crippen MR) is 61.7 cm³/mol. The minimum absolute atomic E-state index is 0.337. The zero-order valence-corrected chi connectivity index (χ0v) is 9.75. The van der Waals surface area contributed by atoms with Crippen LogP contribution in [0.5, 0.6) is 0 Å². The van der Waals surface area contributed by atoms with Crippen LogP contribution in [-0.2, 0) is 0 Å². The van der Waals surface area contributed by atoms with Crippen LogP contribution >= 0.6 is 0 Å². The quantitative estimate of drug-likeness (QED) is 0.799. The SMILES string of the molecule is CCC1(CNC(C)c2ccco2)CCC1. The van der Waals surface area contributed by atoms with E-state index in [2.05, 4.69) is 19.2 Å². The van der Waals surface area contributed by atoms with Crippen LogP contribution in [0, 0.1) is 5.41 Å². The zero-order chi connectivity index (χ0) is 10.7. The number of furan rings is 1. The van der Waals surface area contributed by atoms with Gasteiger partial charge in [0.15, 0.2) is 0 Å². The Morgan fingerprint density at radius 2 is 2.33 bits per heavy atom. The fourth-order valence-corrected chi connectivity index (χ4v) is 2.34. The van der Waals surface area contributed by atoms with Crippen LogP contribution in [0.4, 0.5) is 0 Å². The van der Waals surface area contributed by atoms with Gasteiger partial charge in [-0.15, -0.1) is 0 Å². The normalized spacial score (nSPS) is 20.9. The molecular formula is C13H21NO. The van der Waals surface area contributed by atoms with E-state index in [-0.39, 0.29) is 0 Å². The van der Waals surface area contributed by atoms with E-state index < -0.39 is 0 Å². The summed E-state index contributed by atoms with van der Waals surface area (Å²) in [7, 11) is 0. The molecule has 0 spiro atoms. The summed E-state index contributed by atoms with van der Waals surface area (Å²) in [5.41, 5.74) is 0.584. The molecule has 1 heterocycles. The van der Waals surface area contributed by atoms with Crippen LogP contribution < -0.4 is 5.32 Å². The van der Waals surface area contributed by atoms with E-state index in [1.165, 1.54) is 25.7 Å². The van der Waals surface area contributed by atoms with E-state index in [1.54, 1.807) is 6.26 Å². The van der Waals surface area contributed by atoms with Gasteiger partial charge in [-0.05, 0) is 43.7 Å². The third-order valence-corrected chi connectivity index (χ3v) is 3.92. The van der Waals surface area contributed by atoms with Crippen molar-refractivity contribution in [2.24, 2.45) is 5.41 Å². The maximum Gasteiger partial charge on any atom is 0.120 e. The first-order chi connectivity index (χ1) is 7.26. The van der Waals surface area contributed by atoms with Crippen molar-refractivity contribution in [2.45, 2.75) is 45.6 Å². The first-order valence-corrected chi connectivity index (χ1v) is 6.02. The lowest BCUT2D eigenvalue weighted by molar-refractivity contribution is 0.118. The van der Waals surface area contributed by atoms with Gasteiger partial charge >= 0.3 is 0 Å². The number of nitrogens with one attached hydrogen (secondary N) is 1. The lowest BCUT2D eigenvalue weighted by Crippen LogP contribution is -2.40. The molecule has 15 heavy (non-hydrogen) atoms. The van der Waals surface area contributed by atoms with E-state index in [9.17, 15) is 0 Å². The van der Waals surface area contributed by atoms with E-state index in [4.69, 9.17) is 4.42 Å². The highest BCUT2D eigenvalue weighted by Crippen LogP contribution is 2.43. The second-order valence-corrected chi connectivity index (χ2v) is 4.83. The minimum Gasteiger partial charge on any atom is -0.468 e. The third kappa shape index (κ3) is 2.25. The average molecular weight is 207 g/mol. The van der Waals surface area contributed by atoms with Gasteiger partial charge in [0.05, 0.1) is 12.3 Å². The highest BCUT2D eigenvalue weighted by atomic mass is 16.3. The molecule has 2 rings (SSSR count). The van der Waals surface area contributed by atoms with Crippen LogP contribution in [0.3, 0.4) is 0 Å². The van der Waals surface area contributed by atoms with Gasteiger partial charge in [0.25, 0.3) is 0 Å². The molecule has 1 unspecified atom stereocenters. The Morgan fingerprint density at radius 3 is 2.80 bits per heavy atom. The van der Waals surface area contributed by atoms with Crippen molar-refractivity contribution in [1.82, 2.24) is 5.32 Å². The molecule has 2 heteroatoms. The van der Waals surface area contributed by atoms with Crippen LogP contribution in [0.1, 0.15) is 51.3 Å². The first-order valence-electron chi connectivity index (χ1n) is 6.02. The molecule has 0 radical (unpaired) electrons. The molecule has 1 aliphatic carbocycles. The highest BCUT2D eigenvalue weighted by molar-refractivity contribution is 5.03. The monoisotopic (exact) mass is 207 g/mol. The summed E-state index contributed by atoms with van der Waals surface area (Å²) in [4.78, 5) is 0. The van der Waals surface area contributed by atoms with Crippen molar-refractivity contribution < 1.29 is 4.42 Å². The smallest absolute Gasteiger partial charge is 0.120 e. The van der Waals surface area contributed by atoms with Crippen molar-refractivity contribution in [3.8, 4) is 0 Å². The van der Waals surface area contributed by atoms with Crippen molar-refractivity contribution >= 4 is 0 Å². The lowest BCUT2D eigenvalue weighted by Gasteiger charge is -2.42. The van der Waals surface area contributed by atoms with Gasteiger partial charge in [-0.3, -0.25) is 0 Å². The van der Waals surface area contributed by atoms with Crippen LogP contribution in [0.25, 0.3) is 0 Å². The van der Waals surface area contributed by atoms with Crippen molar-refractivity contribution in [3.63, 3.8) is 0 Å². The van der Waals surface area contributed by atoms with E-state index in [1.807, 2.05) is 12.1 Å². The Bertz CT molecular complexity index is 282. The molecule has 0 aromatic carbocycles. The summed E-state index contributed by atoms with van der Waals surface area (Å²) in [6, 6.07) is 4.33. The fourth-order valence-electron chi connectivity index (χ4n) is 2.34. The first kappa shape index (κ1) is 10.7. The van der Waals surface area contributed by atoms with Crippen molar-refractivity contribution in [1.29, 1.82) is 0 Å². The predicted octanol–water partition coefficient (Wildman–Crippen LogP) is 3.51. The Kier molecular flexibility index (Phi) is 3.15. The fraction of sp³-hybridized carbons (Fsp3) is 0.692. The van der Waals surface area contributed by atoms with E-state index in [0.717, 1.165) is 12.3 Å². The third-order valence-electron chi connectivity index (χ3n) is 3.92. The Balaban J connectivity index is 1.82. The standard InChI is InChI=1S/C13H21NO/c1-3-13(7-5-8-13)10-14-11(2)12-6-4-9-15-12/h4,6,9,11,14H,3,5,7-8,10H2,1-2H3. The molecule has 0 amide bonds. The summed E-state index contributed by atoms with van der Waals surface area (Å²) in [6.45, 7) is 5.60. The van der Waals surface area contributed by atoms with Crippen LogP contribution in [-0.4, -0.2) is 6.54 Å². The average Bonchev–Trinajstić information content (AvgIpc) is 2.69. The maximum absolute atomic E-state index is 5.38. The van der Waals surface area contributed by atoms with Crippen LogP contribution in [0.2, 0.25) is 0 Å². The Labute approximate surface area is 92.1 Å². The largest absolute Gasteiger partial charge is 0.468 e. The van der Waals surface area contributed by atoms with Gasteiger partial charge in [-0.1, -0.05) is 13.3 Å². The Morgan fingerprint density at radius 1 is 1.53 bits per heavy atom. The second-order valence-electron chi connectivity index (χ2n) is 4.83. The number of hydrogen-bond acceptors (Lipinski definition) is 2. The van der Waals surface area contributed by atoms with Gasteiger partial charge < -0.3 is 9.73 Å².